The Hall–Kier alpha value is -1.50. The Balaban J connectivity index is 1.80. The number of aliphatic hydroxyl groups is 1. The van der Waals surface area contributed by atoms with Crippen LogP contribution in [-0.2, 0) is 11.2 Å². The number of benzene rings is 1. The Labute approximate surface area is 159 Å². The molecule has 3 aliphatic rings. The van der Waals surface area contributed by atoms with E-state index in [1.165, 1.54) is 12.8 Å². The van der Waals surface area contributed by atoms with Crippen molar-refractivity contribution in [1.29, 1.82) is 0 Å². The molecular formula is C20H26N2O3S. The first kappa shape index (κ1) is 17.9. The molecule has 1 unspecified atom stereocenters. The van der Waals surface area contributed by atoms with Crippen LogP contribution in [0.25, 0.3) is 0 Å². The van der Waals surface area contributed by atoms with Crippen LogP contribution in [0.3, 0.4) is 0 Å². The number of thiocarbonyl (C=S) groups is 1. The Kier molecular flexibility index (Phi) is 4.33. The van der Waals surface area contributed by atoms with Crippen molar-refractivity contribution >= 4 is 23.0 Å². The molecule has 0 amide bonds. The number of nitrogens with zero attached hydrogens (tertiary/aromatic N) is 1. The van der Waals surface area contributed by atoms with E-state index in [0.717, 1.165) is 18.0 Å². The molecule has 1 aromatic rings. The smallest absolute Gasteiger partial charge is 0.133 e. The molecule has 0 radical (unpaired) electrons. The number of carbonyl (C=O) groups excluding carboxylic acids is 1. The van der Waals surface area contributed by atoms with Crippen molar-refractivity contribution in [1.82, 2.24) is 4.90 Å². The van der Waals surface area contributed by atoms with Gasteiger partial charge in [-0.05, 0) is 50.3 Å². The minimum Gasteiger partial charge on any atom is -0.507 e. The molecule has 6 heteroatoms. The molecule has 0 saturated heterocycles. The number of hydrogen-bond acceptors (Lipinski definition) is 5. The van der Waals surface area contributed by atoms with Gasteiger partial charge in [-0.1, -0.05) is 18.3 Å². The molecule has 0 heterocycles. The summed E-state index contributed by atoms with van der Waals surface area (Å²) in [5, 5.41) is 22.5. The van der Waals surface area contributed by atoms with Crippen molar-refractivity contribution in [3.63, 3.8) is 0 Å². The third kappa shape index (κ3) is 2.84. The van der Waals surface area contributed by atoms with Gasteiger partial charge < -0.3 is 15.9 Å². The maximum absolute atomic E-state index is 12.2. The number of phenols is 1. The van der Waals surface area contributed by atoms with Crippen molar-refractivity contribution in [2.75, 3.05) is 13.6 Å². The summed E-state index contributed by atoms with van der Waals surface area (Å²) >= 11 is 5.05. The maximum atomic E-state index is 12.2. The number of carbonyl (C=O) groups is 1. The molecular weight excluding hydrogens is 348 g/mol. The zero-order valence-corrected chi connectivity index (χ0v) is 15.9. The highest BCUT2D eigenvalue weighted by atomic mass is 32.1. The minimum absolute atomic E-state index is 0.0384. The SMILES string of the molecule is CN(CC1CC1)[C@@H]1Cc2ccc(C(N)=S)c(O)c2C2CC(=O)CC[C@]21O. The van der Waals surface area contributed by atoms with Gasteiger partial charge >= 0.3 is 0 Å². The summed E-state index contributed by atoms with van der Waals surface area (Å²) in [4.78, 5) is 14.6. The molecule has 0 spiro atoms. The molecule has 2 fully saturated rings. The highest BCUT2D eigenvalue weighted by Crippen LogP contribution is 2.52. The number of nitrogens with two attached hydrogens (primary N) is 1. The maximum Gasteiger partial charge on any atom is 0.133 e. The van der Waals surface area contributed by atoms with Gasteiger partial charge in [0.05, 0.1) is 11.2 Å². The van der Waals surface area contributed by atoms with Gasteiger partial charge in [0, 0.05) is 36.9 Å². The summed E-state index contributed by atoms with van der Waals surface area (Å²) in [7, 11) is 2.07. The number of aromatic hydroxyl groups is 1. The summed E-state index contributed by atoms with van der Waals surface area (Å²) in [6.45, 7) is 0.972. The van der Waals surface area contributed by atoms with Gasteiger partial charge in [0.25, 0.3) is 0 Å². The van der Waals surface area contributed by atoms with Gasteiger partial charge in [-0.25, -0.2) is 0 Å². The van der Waals surface area contributed by atoms with Crippen molar-refractivity contribution < 1.29 is 15.0 Å². The molecule has 5 nitrogen and oxygen atoms in total. The number of likely N-dealkylation sites (N-methyl/N-ethyl adjacent to an activating group) is 1. The molecule has 26 heavy (non-hydrogen) atoms. The van der Waals surface area contributed by atoms with Crippen LogP contribution in [-0.4, -0.2) is 51.1 Å². The predicted molar refractivity (Wildman–Crippen MR) is 103 cm³/mol. The summed E-state index contributed by atoms with van der Waals surface area (Å²) in [5.74, 6) is 0.486. The monoisotopic (exact) mass is 374 g/mol. The van der Waals surface area contributed by atoms with E-state index in [-0.39, 0.29) is 29.0 Å². The zero-order chi connectivity index (χ0) is 18.6. The first-order chi connectivity index (χ1) is 12.3. The number of fused-ring (bicyclic) bond motifs is 3. The van der Waals surface area contributed by atoms with Gasteiger partial charge in [-0.3, -0.25) is 9.69 Å². The van der Waals surface area contributed by atoms with Crippen LogP contribution in [0.1, 0.15) is 54.7 Å². The standard InChI is InChI=1S/C20H26N2O3S/c1-22(10-11-2-3-11)16-8-12-4-5-14(19(21)26)18(24)17(12)15-9-13(23)6-7-20(15,16)25/h4-5,11,15-16,24-25H,2-3,6-10H2,1H3,(H2,21,26)/t15?,16-,20+/m1/s1. The zero-order valence-electron chi connectivity index (χ0n) is 15.1. The molecule has 2 saturated carbocycles. The van der Waals surface area contributed by atoms with E-state index in [1.54, 1.807) is 6.07 Å². The lowest BCUT2D eigenvalue weighted by molar-refractivity contribution is -0.134. The van der Waals surface area contributed by atoms with E-state index in [2.05, 4.69) is 11.9 Å². The Morgan fingerprint density at radius 2 is 2.12 bits per heavy atom. The van der Waals surface area contributed by atoms with Crippen LogP contribution in [0.5, 0.6) is 5.75 Å². The average molecular weight is 375 g/mol. The summed E-state index contributed by atoms with van der Waals surface area (Å²) in [6.07, 6.45) is 4.26. The van der Waals surface area contributed by atoms with Gasteiger partial charge in [0.15, 0.2) is 0 Å². The summed E-state index contributed by atoms with van der Waals surface area (Å²) in [5.41, 5.74) is 6.80. The fourth-order valence-electron chi connectivity index (χ4n) is 4.94. The number of Topliss-reactive ketones (excluding diaryl/α,β-unsaturated/α-hetero) is 1. The van der Waals surface area contributed by atoms with Gasteiger partial charge in [-0.2, -0.15) is 0 Å². The van der Waals surface area contributed by atoms with Crippen LogP contribution in [0.15, 0.2) is 12.1 Å². The first-order valence-corrected chi connectivity index (χ1v) is 9.81. The van der Waals surface area contributed by atoms with Crippen molar-refractivity contribution in [2.45, 2.75) is 56.1 Å². The Morgan fingerprint density at radius 1 is 1.38 bits per heavy atom. The topological polar surface area (TPSA) is 86.8 Å². The fourth-order valence-corrected chi connectivity index (χ4v) is 5.11. The second-order valence-electron chi connectivity index (χ2n) is 8.29. The van der Waals surface area contributed by atoms with E-state index in [4.69, 9.17) is 18.0 Å². The lowest BCUT2D eigenvalue weighted by Gasteiger charge is -2.52. The van der Waals surface area contributed by atoms with Crippen molar-refractivity contribution in [2.24, 2.45) is 11.7 Å². The van der Waals surface area contributed by atoms with Crippen LogP contribution in [0.2, 0.25) is 0 Å². The molecule has 4 N–H and O–H groups in total. The fraction of sp³-hybridized carbons (Fsp3) is 0.600. The average Bonchev–Trinajstić information content (AvgIpc) is 3.38. The normalized spacial score (nSPS) is 30.8. The van der Waals surface area contributed by atoms with Crippen LogP contribution in [0.4, 0.5) is 0 Å². The lowest BCUT2D eigenvalue weighted by Crippen LogP contribution is -2.60. The van der Waals surface area contributed by atoms with E-state index >= 15 is 0 Å². The highest BCUT2D eigenvalue weighted by molar-refractivity contribution is 7.80. The van der Waals surface area contributed by atoms with E-state index < -0.39 is 11.5 Å². The Bertz CT molecular complexity index is 777. The molecule has 140 valence electrons. The largest absolute Gasteiger partial charge is 0.507 e. The molecule has 0 aromatic heterocycles. The van der Waals surface area contributed by atoms with Gasteiger partial charge in [0.1, 0.15) is 16.5 Å². The number of hydrogen-bond donors (Lipinski definition) is 3. The van der Waals surface area contributed by atoms with Crippen molar-refractivity contribution in [3.8, 4) is 5.75 Å². The van der Waals surface area contributed by atoms with Crippen LogP contribution < -0.4 is 5.73 Å². The quantitative estimate of drug-likeness (QED) is 0.698. The van der Waals surface area contributed by atoms with Crippen molar-refractivity contribution in [3.05, 3.63) is 28.8 Å². The number of rotatable bonds is 4. The van der Waals surface area contributed by atoms with Gasteiger partial charge in [0.2, 0.25) is 0 Å². The minimum atomic E-state index is -1.02. The van der Waals surface area contributed by atoms with E-state index in [0.29, 0.717) is 30.4 Å². The lowest BCUT2D eigenvalue weighted by atomic mass is 9.61. The third-order valence-corrected chi connectivity index (χ3v) is 6.75. The Morgan fingerprint density at radius 3 is 2.77 bits per heavy atom. The predicted octanol–water partition coefficient (Wildman–Crippen LogP) is 1.86. The molecule has 0 aliphatic heterocycles. The van der Waals surface area contributed by atoms with E-state index in [9.17, 15) is 15.0 Å². The molecule has 3 atom stereocenters. The first-order valence-electron chi connectivity index (χ1n) is 9.40. The van der Waals surface area contributed by atoms with Crippen LogP contribution >= 0.6 is 12.2 Å². The molecule has 1 aromatic carbocycles. The summed E-state index contributed by atoms with van der Waals surface area (Å²) < 4.78 is 0. The second kappa shape index (κ2) is 6.29. The summed E-state index contributed by atoms with van der Waals surface area (Å²) in [6, 6.07) is 3.65. The molecule has 3 aliphatic carbocycles. The van der Waals surface area contributed by atoms with Crippen LogP contribution in [0, 0.1) is 5.92 Å². The molecule has 4 rings (SSSR count). The number of ketones is 1. The highest BCUT2D eigenvalue weighted by Gasteiger charge is 2.54. The number of phenolic OH excluding ortho intramolecular Hbond substituents is 1. The van der Waals surface area contributed by atoms with Gasteiger partial charge in [-0.15, -0.1) is 0 Å². The molecule has 0 bridgehead atoms. The second-order valence-corrected chi connectivity index (χ2v) is 8.73. The van der Waals surface area contributed by atoms with E-state index in [1.807, 2.05) is 6.07 Å². The third-order valence-electron chi connectivity index (χ3n) is 6.53.